The van der Waals surface area contributed by atoms with Gasteiger partial charge in [-0.1, -0.05) is 73.0 Å². The van der Waals surface area contributed by atoms with Gasteiger partial charge in [0, 0.05) is 11.1 Å². The molecule has 1 aliphatic carbocycles. The minimum Gasteiger partial charge on any atom is -0.289 e. The average Bonchev–Trinajstić information content (AvgIpc) is 2.62. The molecule has 3 rings (SSSR count). The molecular formula is C24H26O. The molecule has 1 aliphatic rings. The standard InChI is InChI=1S/C24H26O/c1-4-19-13-22(15-20-9-5-17(2)6-10-20)24(25)23(14-19)16-21-11-7-18(3)8-12-21/h5-12,15-16,19H,4,13-14H2,1-3H3/b22-15+,23-16+. The number of aryl methyl sites for hydroxylation is 2. The van der Waals surface area contributed by atoms with E-state index in [0.29, 0.717) is 5.92 Å². The molecule has 0 aromatic heterocycles. The molecule has 25 heavy (non-hydrogen) atoms. The van der Waals surface area contributed by atoms with Crippen LogP contribution in [0.2, 0.25) is 0 Å². The molecule has 2 aromatic carbocycles. The summed E-state index contributed by atoms with van der Waals surface area (Å²) >= 11 is 0. The van der Waals surface area contributed by atoms with E-state index in [1.807, 2.05) is 0 Å². The van der Waals surface area contributed by atoms with Gasteiger partial charge in [0.1, 0.15) is 0 Å². The third-order valence-corrected chi connectivity index (χ3v) is 5.01. The largest absolute Gasteiger partial charge is 0.289 e. The lowest BCUT2D eigenvalue weighted by Crippen LogP contribution is -2.19. The number of hydrogen-bond donors (Lipinski definition) is 0. The minimum absolute atomic E-state index is 0.214. The molecular weight excluding hydrogens is 304 g/mol. The van der Waals surface area contributed by atoms with Crippen LogP contribution in [-0.2, 0) is 4.79 Å². The number of ketones is 1. The highest BCUT2D eigenvalue weighted by Gasteiger charge is 2.26. The maximum atomic E-state index is 13.0. The molecule has 0 bridgehead atoms. The lowest BCUT2D eigenvalue weighted by molar-refractivity contribution is -0.113. The Bertz CT molecular complexity index is 737. The highest BCUT2D eigenvalue weighted by atomic mass is 16.1. The summed E-state index contributed by atoms with van der Waals surface area (Å²) in [5.41, 5.74) is 6.59. The van der Waals surface area contributed by atoms with Crippen LogP contribution in [0.25, 0.3) is 12.2 Å². The van der Waals surface area contributed by atoms with Crippen molar-refractivity contribution in [1.82, 2.24) is 0 Å². The van der Waals surface area contributed by atoms with Crippen LogP contribution in [0.4, 0.5) is 0 Å². The Morgan fingerprint density at radius 2 is 1.20 bits per heavy atom. The van der Waals surface area contributed by atoms with Gasteiger partial charge in [-0.15, -0.1) is 0 Å². The van der Waals surface area contributed by atoms with Gasteiger partial charge in [-0.25, -0.2) is 0 Å². The average molecular weight is 330 g/mol. The van der Waals surface area contributed by atoms with Gasteiger partial charge in [0.25, 0.3) is 0 Å². The van der Waals surface area contributed by atoms with E-state index < -0.39 is 0 Å². The molecule has 0 atom stereocenters. The third kappa shape index (κ3) is 4.36. The summed E-state index contributed by atoms with van der Waals surface area (Å²) in [7, 11) is 0. The minimum atomic E-state index is 0.214. The van der Waals surface area contributed by atoms with Gasteiger partial charge in [0.15, 0.2) is 5.78 Å². The maximum Gasteiger partial charge on any atom is 0.185 e. The zero-order chi connectivity index (χ0) is 17.8. The van der Waals surface area contributed by atoms with E-state index in [4.69, 9.17) is 0 Å². The van der Waals surface area contributed by atoms with Crippen LogP contribution in [-0.4, -0.2) is 5.78 Å². The zero-order valence-electron chi connectivity index (χ0n) is 15.4. The SMILES string of the molecule is CCC1C/C(=C\c2ccc(C)cc2)C(=O)/C(=C/c2ccc(C)cc2)C1. The Morgan fingerprint density at radius 3 is 1.56 bits per heavy atom. The number of allylic oxidation sites excluding steroid dienone is 2. The van der Waals surface area contributed by atoms with Gasteiger partial charge in [-0.05, 0) is 55.9 Å². The van der Waals surface area contributed by atoms with Crippen molar-refractivity contribution in [1.29, 1.82) is 0 Å². The van der Waals surface area contributed by atoms with Crippen molar-refractivity contribution < 1.29 is 4.79 Å². The van der Waals surface area contributed by atoms with Crippen molar-refractivity contribution in [3.05, 3.63) is 81.9 Å². The van der Waals surface area contributed by atoms with Crippen LogP contribution in [0, 0.1) is 19.8 Å². The van der Waals surface area contributed by atoms with Crippen molar-refractivity contribution in [2.45, 2.75) is 40.0 Å². The van der Waals surface area contributed by atoms with Crippen molar-refractivity contribution in [2.24, 2.45) is 5.92 Å². The lowest BCUT2D eigenvalue weighted by Gasteiger charge is -2.25. The van der Waals surface area contributed by atoms with E-state index in [-0.39, 0.29) is 5.78 Å². The summed E-state index contributed by atoms with van der Waals surface area (Å²) in [6.07, 6.45) is 7.02. The van der Waals surface area contributed by atoms with Crippen LogP contribution in [0.1, 0.15) is 48.4 Å². The summed E-state index contributed by atoms with van der Waals surface area (Å²) in [6.45, 7) is 6.38. The number of Topliss-reactive ketones (excluding diaryl/α,β-unsaturated/α-hetero) is 1. The summed E-state index contributed by atoms with van der Waals surface area (Å²) in [6, 6.07) is 16.8. The Balaban J connectivity index is 1.93. The lowest BCUT2D eigenvalue weighted by atomic mass is 9.78. The zero-order valence-corrected chi connectivity index (χ0v) is 15.4. The topological polar surface area (TPSA) is 17.1 Å². The highest BCUT2D eigenvalue weighted by Crippen LogP contribution is 2.34. The first-order valence-electron chi connectivity index (χ1n) is 9.14. The van der Waals surface area contributed by atoms with E-state index in [0.717, 1.165) is 41.5 Å². The molecule has 0 unspecified atom stereocenters. The molecule has 0 N–H and O–H groups in total. The molecule has 1 fully saturated rings. The second-order valence-corrected chi connectivity index (χ2v) is 7.17. The Hall–Kier alpha value is -2.41. The van der Waals surface area contributed by atoms with E-state index in [1.54, 1.807) is 0 Å². The van der Waals surface area contributed by atoms with Crippen LogP contribution in [0.5, 0.6) is 0 Å². The normalized spacial score (nSPS) is 21.1. The van der Waals surface area contributed by atoms with Gasteiger partial charge in [-0.3, -0.25) is 4.79 Å². The fraction of sp³-hybridized carbons (Fsp3) is 0.292. The summed E-state index contributed by atoms with van der Waals surface area (Å²) in [4.78, 5) is 13.0. The molecule has 1 heteroatoms. The van der Waals surface area contributed by atoms with E-state index in [9.17, 15) is 4.79 Å². The van der Waals surface area contributed by atoms with Crippen LogP contribution < -0.4 is 0 Å². The van der Waals surface area contributed by atoms with Crippen LogP contribution in [0.3, 0.4) is 0 Å². The molecule has 0 radical (unpaired) electrons. The van der Waals surface area contributed by atoms with E-state index in [1.165, 1.54) is 11.1 Å². The van der Waals surface area contributed by atoms with Gasteiger partial charge in [0.05, 0.1) is 0 Å². The third-order valence-electron chi connectivity index (χ3n) is 5.01. The quantitative estimate of drug-likeness (QED) is 0.616. The predicted molar refractivity (Wildman–Crippen MR) is 106 cm³/mol. The van der Waals surface area contributed by atoms with Crippen LogP contribution >= 0.6 is 0 Å². The molecule has 0 heterocycles. The Labute approximate surface area is 151 Å². The fourth-order valence-electron chi connectivity index (χ4n) is 3.35. The number of hydrogen-bond acceptors (Lipinski definition) is 1. The second-order valence-electron chi connectivity index (χ2n) is 7.17. The molecule has 2 aromatic rings. The van der Waals surface area contributed by atoms with E-state index in [2.05, 4.69) is 81.5 Å². The van der Waals surface area contributed by atoms with Crippen LogP contribution in [0.15, 0.2) is 59.7 Å². The van der Waals surface area contributed by atoms with Crippen molar-refractivity contribution in [2.75, 3.05) is 0 Å². The molecule has 0 spiro atoms. The number of benzene rings is 2. The smallest absolute Gasteiger partial charge is 0.185 e. The Morgan fingerprint density at radius 1 is 0.800 bits per heavy atom. The summed E-state index contributed by atoms with van der Waals surface area (Å²) in [5, 5.41) is 0. The molecule has 128 valence electrons. The number of rotatable bonds is 3. The molecule has 1 saturated carbocycles. The maximum absolute atomic E-state index is 13.0. The van der Waals surface area contributed by atoms with Gasteiger partial charge in [-0.2, -0.15) is 0 Å². The highest BCUT2D eigenvalue weighted by molar-refractivity contribution is 6.14. The van der Waals surface area contributed by atoms with Crippen molar-refractivity contribution >= 4 is 17.9 Å². The predicted octanol–water partition coefficient (Wildman–Crippen LogP) is 6.16. The monoisotopic (exact) mass is 330 g/mol. The van der Waals surface area contributed by atoms with Crippen molar-refractivity contribution in [3.8, 4) is 0 Å². The number of carbonyl (C=O) groups is 1. The Kier molecular flexibility index (Phi) is 5.33. The van der Waals surface area contributed by atoms with E-state index >= 15 is 0 Å². The summed E-state index contributed by atoms with van der Waals surface area (Å²) < 4.78 is 0. The van der Waals surface area contributed by atoms with Crippen molar-refractivity contribution in [3.63, 3.8) is 0 Å². The molecule has 0 aliphatic heterocycles. The summed E-state index contributed by atoms with van der Waals surface area (Å²) in [5.74, 6) is 0.761. The molecule has 0 amide bonds. The molecule has 0 saturated heterocycles. The first-order valence-corrected chi connectivity index (χ1v) is 9.14. The molecule has 1 nitrogen and oxygen atoms in total. The van der Waals surface area contributed by atoms with Gasteiger partial charge in [0.2, 0.25) is 0 Å². The number of carbonyl (C=O) groups excluding carboxylic acids is 1. The van der Waals surface area contributed by atoms with Gasteiger partial charge < -0.3 is 0 Å². The van der Waals surface area contributed by atoms with Gasteiger partial charge >= 0.3 is 0 Å². The fourth-order valence-corrected chi connectivity index (χ4v) is 3.35. The second kappa shape index (κ2) is 7.65. The first kappa shape index (κ1) is 17.4. The first-order chi connectivity index (χ1) is 12.0.